The van der Waals surface area contributed by atoms with Crippen molar-refractivity contribution in [1.82, 2.24) is 0 Å². The molecule has 1 N–H and O–H groups in total. The molecule has 1 aliphatic heterocycles. The molecule has 3 rings (SSSR count). The first-order valence-electron chi connectivity index (χ1n) is 9.11. The molecule has 0 radical (unpaired) electrons. The summed E-state index contributed by atoms with van der Waals surface area (Å²) in [5.74, 6) is 0.673. The number of fused-ring (bicyclic) bond motifs is 1. The van der Waals surface area contributed by atoms with Gasteiger partial charge >= 0.3 is 0 Å². The Morgan fingerprint density at radius 2 is 1.89 bits per heavy atom. The number of rotatable bonds is 5. The minimum Gasteiger partial charge on any atom is -0.493 e. The minimum absolute atomic E-state index is 0.362. The highest BCUT2D eigenvalue weighted by Gasteiger charge is 2.29. The lowest BCUT2D eigenvalue weighted by Gasteiger charge is -2.32. The molecule has 1 heterocycles. The quantitative estimate of drug-likeness (QED) is 0.770. The Bertz CT molecular complexity index is 895. The van der Waals surface area contributed by atoms with Crippen LogP contribution >= 0.6 is 0 Å². The van der Waals surface area contributed by atoms with E-state index in [2.05, 4.69) is 6.08 Å². The van der Waals surface area contributed by atoms with Crippen LogP contribution in [-0.2, 0) is 0 Å². The largest absolute Gasteiger partial charge is 0.493 e. The van der Waals surface area contributed by atoms with Gasteiger partial charge in [0.2, 0.25) is 0 Å². The molecule has 0 saturated heterocycles. The molecule has 27 heavy (non-hydrogen) atoms. The Kier molecular flexibility index (Phi) is 5.38. The van der Waals surface area contributed by atoms with Crippen LogP contribution in [0, 0.1) is 0 Å². The molecule has 0 spiro atoms. The second-order valence-corrected chi connectivity index (χ2v) is 7.10. The van der Waals surface area contributed by atoms with Crippen LogP contribution in [0.25, 0.3) is 11.1 Å². The molecule has 0 atom stereocenters. The number of aliphatic hydroxyl groups is 1. The lowest BCUT2D eigenvalue weighted by molar-refractivity contribution is 0.157. The van der Waals surface area contributed by atoms with Gasteiger partial charge in [0.05, 0.1) is 13.2 Å². The standard InChI is InChI=1S/C23H25FO3/c1-5-26-21-12-22-18(11-17(21)15(2)20(24)14-25)19(13-23(3,4)27-22)16-9-7-6-8-10-16/h6-13,25H,5,14H2,1-4H3. The van der Waals surface area contributed by atoms with Gasteiger partial charge in [-0.3, -0.25) is 0 Å². The predicted octanol–water partition coefficient (Wildman–Crippen LogP) is 5.38. The van der Waals surface area contributed by atoms with Gasteiger partial charge in [-0.15, -0.1) is 0 Å². The molecule has 1 aliphatic rings. The SMILES string of the molecule is CCOc1cc2c(cc1C(C)=C(F)CO)C(c1ccccc1)=CC(C)(C)O2. The van der Waals surface area contributed by atoms with E-state index in [0.29, 0.717) is 29.2 Å². The van der Waals surface area contributed by atoms with E-state index in [9.17, 15) is 9.50 Å². The number of hydrogen-bond donors (Lipinski definition) is 1. The molecule has 0 amide bonds. The molecular formula is C23H25FO3. The average molecular weight is 368 g/mol. The van der Waals surface area contributed by atoms with Gasteiger partial charge in [0.15, 0.2) is 0 Å². The van der Waals surface area contributed by atoms with Crippen molar-refractivity contribution in [2.24, 2.45) is 0 Å². The Morgan fingerprint density at radius 1 is 1.19 bits per heavy atom. The first-order chi connectivity index (χ1) is 12.9. The predicted molar refractivity (Wildman–Crippen MR) is 107 cm³/mol. The van der Waals surface area contributed by atoms with Crippen molar-refractivity contribution in [3.63, 3.8) is 0 Å². The summed E-state index contributed by atoms with van der Waals surface area (Å²) in [7, 11) is 0. The van der Waals surface area contributed by atoms with Gasteiger partial charge in [-0.25, -0.2) is 4.39 Å². The molecule has 0 saturated carbocycles. The average Bonchev–Trinajstić information content (AvgIpc) is 2.66. The highest BCUT2D eigenvalue weighted by molar-refractivity contribution is 5.87. The van der Waals surface area contributed by atoms with Crippen molar-refractivity contribution in [3.8, 4) is 11.5 Å². The number of benzene rings is 2. The molecule has 2 aromatic rings. The van der Waals surface area contributed by atoms with Crippen LogP contribution < -0.4 is 9.47 Å². The van der Waals surface area contributed by atoms with Gasteiger partial charge in [0, 0.05) is 17.2 Å². The van der Waals surface area contributed by atoms with Crippen molar-refractivity contribution >= 4 is 11.1 Å². The van der Waals surface area contributed by atoms with Gasteiger partial charge in [-0.05, 0) is 56.5 Å². The third-order valence-corrected chi connectivity index (χ3v) is 4.57. The maximum atomic E-state index is 14.1. The summed E-state index contributed by atoms with van der Waals surface area (Å²) in [6.07, 6.45) is 2.08. The summed E-state index contributed by atoms with van der Waals surface area (Å²) in [5, 5.41) is 9.21. The van der Waals surface area contributed by atoms with Crippen molar-refractivity contribution < 1.29 is 19.0 Å². The van der Waals surface area contributed by atoms with Gasteiger partial charge in [-0.1, -0.05) is 30.3 Å². The molecule has 142 valence electrons. The van der Waals surface area contributed by atoms with E-state index in [1.54, 1.807) is 6.92 Å². The van der Waals surface area contributed by atoms with E-state index < -0.39 is 18.0 Å². The normalized spacial score (nSPS) is 16.0. The highest BCUT2D eigenvalue weighted by Crippen LogP contribution is 2.44. The maximum absolute atomic E-state index is 14.1. The lowest BCUT2D eigenvalue weighted by Crippen LogP contribution is -2.29. The zero-order valence-corrected chi connectivity index (χ0v) is 16.2. The summed E-state index contributed by atoms with van der Waals surface area (Å²) in [5.41, 5.74) is 3.47. The Balaban J connectivity index is 2.25. The number of aliphatic hydroxyl groups excluding tert-OH is 1. The third kappa shape index (κ3) is 3.91. The fourth-order valence-corrected chi connectivity index (χ4v) is 3.28. The molecule has 4 heteroatoms. The van der Waals surface area contributed by atoms with Crippen LogP contribution in [0.5, 0.6) is 11.5 Å². The van der Waals surface area contributed by atoms with E-state index >= 15 is 0 Å². The van der Waals surface area contributed by atoms with E-state index in [1.807, 2.05) is 63.2 Å². The Labute approximate surface area is 159 Å². The highest BCUT2D eigenvalue weighted by atomic mass is 19.1. The van der Waals surface area contributed by atoms with E-state index in [1.165, 1.54) is 0 Å². The van der Waals surface area contributed by atoms with Gasteiger partial charge in [0.1, 0.15) is 22.9 Å². The third-order valence-electron chi connectivity index (χ3n) is 4.57. The Hall–Kier alpha value is -2.59. The molecule has 0 bridgehead atoms. The Morgan fingerprint density at radius 3 is 2.52 bits per heavy atom. The molecule has 0 unspecified atom stereocenters. The summed E-state index contributed by atoms with van der Waals surface area (Å²) in [6.45, 7) is 7.34. The number of halogens is 1. The fraction of sp³-hybridized carbons (Fsp3) is 0.304. The summed E-state index contributed by atoms with van der Waals surface area (Å²) < 4.78 is 26.0. The van der Waals surface area contributed by atoms with Crippen LogP contribution in [0.4, 0.5) is 4.39 Å². The molecule has 0 fully saturated rings. The number of hydrogen-bond acceptors (Lipinski definition) is 3. The van der Waals surface area contributed by atoms with Crippen LogP contribution in [0.1, 0.15) is 44.4 Å². The summed E-state index contributed by atoms with van der Waals surface area (Å²) in [4.78, 5) is 0. The van der Waals surface area contributed by atoms with Crippen LogP contribution in [0.2, 0.25) is 0 Å². The topological polar surface area (TPSA) is 38.7 Å². The monoisotopic (exact) mass is 368 g/mol. The minimum atomic E-state index is -0.639. The first-order valence-corrected chi connectivity index (χ1v) is 9.11. The zero-order valence-electron chi connectivity index (χ0n) is 16.2. The lowest BCUT2D eigenvalue weighted by atomic mass is 9.88. The van der Waals surface area contributed by atoms with E-state index in [-0.39, 0.29) is 0 Å². The van der Waals surface area contributed by atoms with Crippen molar-refractivity contribution in [2.75, 3.05) is 13.2 Å². The van der Waals surface area contributed by atoms with E-state index in [4.69, 9.17) is 9.47 Å². The van der Waals surface area contributed by atoms with Crippen LogP contribution in [0.3, 0.4) is 0 Å². The molecule has 0 aliphatic carbocycles. The number of ether oxygens (including phenoxy) is 2. The summed E-state index contributed by atoms with van der Waals surface area (Å²) in [6, 6.07) is 13.8. The van der Waals surface area contributed by atoms with Gasteiger partial charge in [0.25, 0.3) is 0 Å². The summed E-state index contributed by atoms with van der Waals surface area (Å²) >= 11 is 0. The fourth-order valence-electron chi connectivity index (χ4n) is 3.28. The molecule has 3 nitrogen and oxygen atoms in total. The molecular weight excluding hydrogens is 343 g/mol. The smallest absolute Gasteiger partial charge is 0.132 e. The van der Waals surface area contributed by atoms with Crippen LogP contribution in [0.15, 0.2) is 54.4 Å². The van der Waals surface area contributed by atoms with Gasteiger partial charge < -0.3 is 14.6 Å². The van der Waals surface area contributed by atoms with Crippen molar-refractivity contribution in [2.45, 2.75) is 33.3 Å². The number of allylic oxidation sites excluding steroid dienone is 1. The second kappa shape index (κ2) is 7.57. The first kappa shape index (κ1) is 19.2. The zero-order chi connectivity index (χ0) is 19.6. The molecule has 0 aromatic heterocycles. The van der Waals surface area contributed by atoms with Crippen LogP contribution in [-0.4, -0.2) is 23.9 Å². The van der Waals surface area contributed by atoms with Gasteiger partial charge in [-0.2, -0.15) is 0 Å². The maximum Gasteiger partial charge on any atom is 0.132 e. The second-order valence-electron chi connectivity index (χ2n) is 7.10. The van der Waals surface area contributed by atoms with E-state index in [0.717, 1.165) is 16.7 Å². The van der Waals surface area contributed by atoms with Crippen molar-refractivity contribution in [3.05, 3.63) is 71.1 Å². The molecule has 2 aromatic carbocycles. The van der Waals surface area contributed by atoms with Crippen molar-refractivity contribution in [1.29, 1.82) is 0 Å².